The van der Waals surface area contributed by atoms with Gasteiger partial charge >= 0.3 is 0 Å². The molecule has 0 atom stereocenters. The van der Waals surface area contributed by atoms with Crippen molar-refractivity contribution in [2.45, 2.75) is 31.8 Å². The lowest BCUT2D eigenvalue weighted by Gasteiger charge is -2.26. The summed E-state index contributed by atoms with van der Waals surface area (Å²) in [7, 11) is 0. The van der Waals surface area contributed by atoms with E-state index in [0.29, 0.717) is 0 Å². The van der Waals surface area contributed by atoms with Gasteiger partial charge in [0.2, 0.25) is 0 Å². The van der Waals surface area contributed by atoms with Crippen LogP contribution in [-0.2, 0) is 24.1 Å². The van der Waals surface area contributed by atoms with Crippen molar-refractivity contribution in [3.63, 3.8) is 0 Å². The van der Waals surface area contributed by atoms with Crippen molar-refractivity contribution in [1.29, 1.82) is 0 Å². The molecule has 168 valence electrons. The van der Waals surface area contributed by atoms with Gasteiger partial charge in [0.05, 0.1) is 31.2 Å². The highest BCUT2D eigenvalue weighted by atomic mass is 32.1. The highest BCUT2D eigenvalue weighted by molar-refractivity contribution is 7.19. The van der Waals surface area contributed by atoms with Gasteiger partial charge in [0.15, 0.2) is 0 Å². The standard InChI is InChI=1S/C27H28N4OS/c1-3-8-19(9-4-1)25(20-10-5-2-6-11-20)30-26-24-21-12-7-13-22(21)33-27(24)29-23(28-26)18-31-14-16-32-17-15-31/h1-6,8-11,25H,7,12-18H2,(H,28,29,30). The molecule has 1 fully saturated rings. The van der Waals surface area contributed by atoms with E-state index in [1.165, 1.54) is 33.4 Å². The van der Waals surface area contributed by atoms with Gasteiger partial charge in [0.1, 0.15) is 16.5 Å². The number of fused-ring (bicyclic) bond motifs is 3. The van der Waals surface area contributed by atoms with Crippen LogP contribution in [0.2, 0.25) is 0 Å². The number of benzene rings is 2. The van der Waals surface area contributed by atoms with E-state index in [1.54, 1.807) is 0 Å². The fraction of sp³-hybridized carbons (Fsp3) is 0.333. The van der Waals surface area contributed by atoms with E-state index in [1.807, 2.05) is 11.3 Å². The zero-order valence-electron chi connectivity index (χ0n) is 18.7. The molecule has 2 aromatic carbocycles. The molecule has 2 aliphatic rings. The Balaban J connectivity index is 1.43. The maximum Gasteiger partial charge on any atom is 0.146 e. The van der Waals surface area contributed by atoms with Crippen LogP contribution < -0.4 is 5.32 Å². The zero-order valence-corrected chi connectivity index (χ0v) is 19.5. The van der Waals surface area contributed by atoms with Crippen molar-refractivity contribution >= 4 is 27.4 Å². The van der Waals surface area contributed by atoms with Gasteiger partial charge < -0.3 is 10.1 Å². The maximum atomic E-state index is 5.53. The van der Waals surface area contributed by atoms with E-state index in [-0.39, 0.29) is 6.04 Å². The van der Waals surface area contributed by atoms with Crippen molar-refractivity contribution in [3.05, 3.63) is 88.1 Å². The maximum absolute atomic E-state index is 5.53. The van der Waals surface area contributed by atoms with Crippen LogP contribution in [-0.4, -0.2) is 41.2 Å². The molecule has 1 aliphatic heterocycles. The van der Waals surface area contributed by atoms with Crippen LogP contribution in [0.25, 0.3) is 10.2 Å². The number of ether oxygens (including phenoxy) is 1. The quantitative estimate of drug-likeness (QED) is 0.431. The molecule has 1 N–H and O–H groups in total. The second kappa shape index (κ2) is 9.21. The zero-order chi connectivity index (χ0) is 22.0. The molecule has 4 aromatic rings. The van der Waals surface area contributed by atoms with Gasteiger partial charge in [-0.2, -0.15) is 0 Å². The number of nitrogens with zero attached hydrogens (tertiary/aromatic N) is 3. The minimum Gasteiger partial charge on any atom is -0.379 e. The van der Waals surface area contributed by atoms with Crippen LogP contribution in [0, 0.1) is 0 Å². The average molecular weight is 457 g/mol. The summed E-state index contributed by atoms with van der Waals surface area (Å²) < 4.78 is 5.53. The van der Waals surface area contributed by atoms with Gasteiger partial charge in [-0.1, -0.05) is 60.7 Å². The minimum absolute atomic E-state index is 0.0266. The molecule has 1 saturated heterocycles. The molecular formula is C27H28N4OS. The molecule has 33 heavy (non-hydrogen) atoms. The number of anilines is 1. The number of rotatable bonds is 6. The van der Waals surface area contributed by atoms with Crippen molar-refractivity contribution in [2.24, 2.45) is 0 Å². The van der Waals surface area contributed by atoms with Gasteiger partial charge in [-0.3, -0.25) is 4.90 Å². The fourth-order valence-electron chi connectivity index (χ4n) is 4.96. The van der Waals surface area contributed by atoms with Crippen LogP contribution in [0.4, 0.5) is 5.82 Å². The first kappa shape index (κ1) is 20.8. The molecule has 0 spiro atoms. The molecule has 6 heteroatoms. The molecule has 0 radical (unpaired) electrons. The average Bonchev–Trinajstić information content (AvgIpc) is 3.45. The summed E-state index contributed by atoms with van der Waals surface area (Å²) in [6.45, 7) is 4.19. The molecule has 0 bridgehead atoms. The third-order valence-corrected chi connectivity index (χ3v) is 7.81. The number of aromatic nitrogens is 2. The topological polar surface area (TPSA) is 50.3 Å². The minimum atomic E-state index is 0.0266. The van der Waals surface area contributed by atoms with Gasteiger partial charge in [-0.25, -0.2) is 9.97 Å². The Kier molecular flexibility index (Phi) is 5.80. The van der Waals surface area contributed by atoms with Crippen molar-refractivity contribution in [1.82, 2.24) is 14.9 Å². The summed E-state index contributed by atoms with van der Waals surface area (Å²) in [6, 6.07) is 21.4. The number of morpholine rings is 1. The first-order valence-corrected chi connectivity index (χ1v) is 12.6. The molecule has 6 rings (SSSR count). The van der Waals surface area contributed by atoms with Crippen LogP contribution in [0.3, 0.4) is 0 Å². The number of hydrogen-bond acceptors (Lipinski definition) is 6. The van der Waals surface area contributed by atoms with Gasteiger partial charge in [-0.15, -0.1) is 11.3 Å². The normalized spacial score (nSPS) is 16.4. The smallest absolute Gasteiger partial charge is 0.146 e. The van der Waals surface area contributed by atoms with Crippen molar-refractivity contribution < 1.29 is 4.74 Å². The summed E-state index contributed by atoms with van der Waals surface area (Å²) >= 11 is 1.86. The second-order valence-electron chi connectivity index (χ2n) is 8.81. The first-order chi connectivity index (χ1) is 16.3. The van der Waals surface area contributed by atoms with E-state index in [2.05, 4.69) is 70.9 Å². The molecule has 0 unspecified atom stereocenters. The third-order valence-electron chi connectivity index (χ3n) is 6.63. The summed E-state index contributed by atoms with van der Waals surface area (Å²) in [6.07, 6.45) is 3.51. The van der Waals surface area contributed by atoms with E-state index in [4.69, 9.17) is 14.7 Å². The Labute approximate surface area is 198 Å². The highest BCUT2D eigenvalue weighted by Crippen LogP contribution is 2.41. The Morgan fingerprint density at radius 1 is 0.909 bits per heavy atom. The SMILES string of the molecule is c1ccc(C(Nc2nc(CN3CCOCC3)nc3sc4c(c23)CCC4)c2ccccc2)cc1. The first-order valence-electron chi connectivity index (χ1n) is 11.8. The number of thiophene rings is 1. The Morgan fingerprint density at radius 2 is 1.61 bits per heavy atom. The van der Waals surface area contributed by atoms with Crippen LogP contribution in [0.15, 0.2) is 60.7 Å². The molecule has 5 nitrogen and oxygen atoms in total. The lowest BCUT2D eigenvalue weighted by molar-refractivity contribution is 0.0331. The van der Waals surface area contributed by atoms with Gasteiger partial charge in [-0.05, 0) is 36.0 Å². The predicted molar refractivity (Wildman–Crippen MR) is 134 cm³/mol. The molecule has 0 saturated carbocycles. The predicted octanol–water partition coefficient (Wildman–Crippen LogP) is 5.21. The fourth-order valence-corrected chi connectivity index (χ4v) is 6.24. The summed E-state index contributed by atoms with van der Waals surface area (Å²) in [5.41, 5.74) is 3.92. The monoisotopic (exact) mass is 456 g/mol. The summed E-state index contributed by atoms with van der Waals surface area (Å²) in [5, 5.41) is 5.09. The number of aryl methyl sites for hydroxylation is 2. The van der Waals surface area contributed by atoms with E-state index in [9.17, 15) is 0 Å². The second-order valence-corrected chi connectivity index (χ2v) is 9.90. The van der Waals surface area contributed by atoms with Gasteiger partial charge in [0.25, 0.3) is 0 Å². The van der Waals surface area contributed by atoms with E-state index >= 15 is 0 Å². The van der Waals surface area contributed by atoms with Crippen LogP contribution in [0.1, 0.15) is 39.9 Å². The highest BCUT2D eigenvalue weighted by Gasteiger charge is 2.25. The van der Waals surface area contributed by atoms with E-state index in [0.717, 1.165) is 62.2 Å². The Hall–Kier alpha value is -2.80. The van der Waals surface area contributed by atoms with Crippen LogP contribution >= 0.6 is 11.3 Å². The molecule has 2 aromatic heterocycles. The Morgan fingerprint density at radius 3 is 2.30 bits per heavy atom. The summed E-state index contributed by atoms with van der Waals surface area (Å²) in [5.74, 6) is 1.87. The van der Waals surface area contributed by atoms with Gasteiger partial charge in [0, 0.05) is 18.0 Å². The number of hydrogen-bond donors (Lipinski definition) is 1. The third kappa shape index (κ3) is 4.26. The molecule has 1 aliphatic carbocycles. The molecular weight excluding hydrogens is 428 g/mol. The van der Waals surface area contributed by atoms with E-state index < -0.39 is 0 Å². The largest absolute Gasteiger partial charge is 0.379 e. The Bertz CT molecular complexity index is 1200. The van der Waals surface area contributed by atoms with Crippen LogP contribution in [0.5, 0.6) is 0 Å². The molecule has 0 amide bonds. The summed E-state index contributed by atoms with van der Waals surface area (Å²) in [4.78, 5) is 15.2. The lowest BCUT2D eigenvalue weighted by Crippen LogP contribution is -2.36. The molecule has 3 heterocycles. The van der Waals surface area contributed by atoms with Crippen molar-refractivity contribution in [2.75, 3.05) is 31.6 Å². The lowest BCUT2D eigenvalue weighted by atomic mass is 9.98. The van der Waals surface area contributed by atoms with Crippen molar-refractivity contribution in [3.8, 4) is 0 Å². The number of nitrogens with one attached hydrogen (secondary N) is 1.